The molecule has 4 aromatic rings. The third kappa shape index (κ3) is 4.02. The van der Waals surface area contributed by atoms with Crippen LogP contribution in [-0.4, -0.2) is 45.3 Å². The number of aryl methyl sites for hydroxylation is 2. The summed E-state index contributed by atoms with van der Waals surface area (Å²) >= 11 is 0. The van der Waals surface area contributed by atoms with Crippen LogP contribution in [0.5, 0.6) is 5.75 Å². The molecule has 4 aromatic heterocycles. The van der Waals surface area contributed by atoms with Gasteiger partial charge in [-0.15, -0.1) is 0 Å². The van der Waals surface area contributed by atoms with Crippen LogP contribution >= 0.6 is 0 Å². The van der Waals surface area contributed by atoms with E-state index in [0.717, 1.165) is 28.9 Å². The van der Waals surface area contributed by atoms with E-state index in [1.165, 1.54) is 5.57 Å². The first-order valence-corrected chi connectivity index (χ1v) is 11.1. The minimum absolute atomic E-state index is 0.0218. The van der Waals surface area contributed by atoms with Crippen LogP contribution in [-0.2, 0) is 7.05 Å². The Morgan fingerprint density at radius 2 is 1.85 bits per heavy atom. The van der Waals surface area contributed by atoms with Gasteiger partial charge in [-0.1, -0.05) is 6.08 Å². The first-order valence-electron chi connectivity index (χ1n) is 11.1. The molecule has 8 nitrogen and oxygen atoms in total. The maximum Gasteiger partial charge on any atom is 0.234 e. The third-order valence-electron chi connectivity index (χ3n) is 5.92. The molecule has 0 aliphatic carbocycles. The molecule has 0 amide bonds. The number of fused-ring (bicyclic) bond motifs is 1. The van der Waals surface area contributed by atoms with E-state index in [9.17, 15) is 5.11 Å². The van der Waals surface area contributed by atoms with E-state index in [0.29, 0.717) is 17.2 Å². The zero-order valence-electron chi connectivity index (χ0n) is 19.9. The van der Waals surface area contributed by atoms with Gasteiger partial charge in [0.25, 0.3) is 0 Å². The number of imidazole rings is 1. The maximum absolute atomic E-state index is 10.7. The zero-order valence-corrected chi connectivity index (χ0v) is 19.9. The third-order valence-corrected chi connectivity index (χ3v) is 5.92. The van der Waals surface area contributed by atoms with Gasteiger partial charge in [-0.25, -0.2) is 15.0 Å². The molecule has 0 spiro atoms. The van der Waals surface area contributed by atoms with Crippen LogP contribution in [0, 0.1) is 6.92 Å². The van der Waals surface area contributed by atoms with Crippen LogP contribution in [0.3, 0.4) is 0 Å². The van der Waals surface area contributed by atoms with Crippen molar-refractivity contribution >= 4 is 11.4 Å². The summed E-state index contributed by atoms with van der Waals surface area (Å²) in [5.74, 6) is 0.648. The predicted octanol–water partition coefficient (Wildman–Crippen LogP) is 4.14. The lowest BCUT2D eigenvalue weighted by Crippen LogP contribution is -2.53. The molecule has 1 aliphatic rings. The Labute approximate surface area is 193 Å². The number of hydrogen-bond donors (Lipinski definition) is 2. The van der Waals surface area contributed by atoms with Crippen molar-refractivity contribution in [1.29, 1.82) is 0 Å². The molecule has 0 bridgehead atoms. The van der Waals surface area contributed by atoms with E-state index in [1.54, 1.807) is 16.9 Å². The summed E-state index contributed by atoms with van der Waals surface area (Å²) in [5, 5.41) is 18.7. The molecule has 0 unspecified atom stereocenters. The molecule has 0 saturated carbocycles. The smallest absolute Gasteiger partial charge is 0.234 e. The molecule has 0 saturated heterocycles. The van der Waals surface area contributed by atoms with Crippen molar-refractivity contribution in [3.05, 3.63) is 54.4 Å². The second-order valence-corrected chi connectivity index (χ2v) is 10.1. The summed E-state index contributed by atoms with van der Waals surface area (Å²) in [7, 11) is 1.87. The average molecular weight is 444 g/mol. The number of aromatic nitrogens is 6. The van der Waals surface area contributed by atoms with Gasteiger partial charge >= 0.3 is 0 Å². The van der Waals surface area contributed by atoms with Gasteiger partial charge < -0.3 is 10.4 Å². The van der Waals surface area contributed by atoms with Crippen LogP contribution in [0.1, 0.15) is 45.5 Å². The molecule has 33 heavy (non-hydrogen) atoms. The van der Waals surface area contributed by atoms with E-state index in [-0.39, 0.29) is 16.8 Å². The van der Waals surface area contributed by atoms with E-state index in [2.05, 4.69) is 54.2 Å². The van der Waals surface area contributed by atoms with Gasteiger partial charge in [-0.2, -0.15) is 5.10 Å². The summed E-state index contributed by atoms with van der Waals surface area (Å²) in [5.41, 5.74) is 5.62. The molecular weight excluding hydrogens is 414 g/mol. The minimum atomic E-state index is -0.116. The van der Waals surface area contributed by atoms with Crippen LogP contribution in [0.25, 0.3) is 33.9 Å². The quantitative estimate of drug-likeness (QED) is 0.494. The van der Waals surface area contributed by atoms with Crippen LogP contribution < -0.4 is 5.32 Å². The number of nitrogens with zero attached hydrogens (tertiary/aromatic N) is 6. The average Bonchev–Trinajstić information content (AvgIpc) is 3.27. The lowest BCUT2D eigenvalue weighted by molar-refractivity contribution is 0.297. The first-order chi connectivity index (χ1) is 15.5. The van der Waals surface area contributed by atoms with E-state index >= 15 is 0 Å². The van der Waals surface area contributed by atoms with Crippen molar-refractivity contribution in [1.82, 2.24) is 34.4 Å². The lowest BCUT2D eigenvalue weighted by atomic mass is 9.82. The van der Waals surface area contributed by atoms with Crippen LogP contribution in [0.15, 0.2) is 43.0 Å². The van der Waals surface area contributed by atoms with Crippen molar-refractivity contribution in [2.75, 3.05) is 0 Å². The predicted molar refractivity (Wildman–Crippen MR) is 129 cm³/mol. The summed E-state index contributed by atoms with van der Waals surface area (Å²) < 4.78 is 3.61. The Hall–Kier alpha value is -3.52. The standard InChI is InChI=1S/C25H29N7O/c1-15-18(13-31(6)29-15)16-9-21(33)22(26-12-16)20-14-32-8-7-19(27-23(32)28-20)17-10-24(2,3)30-25(4,5)11-17/h7-10,12-14,30,33H,11H2,1-6H3. The molecule has 5 heterocycles. The monoisotopic (exact) mass is 443 g/mol. The Bertz CT molecular complexity index is 1410. The number of nitrogens with one attached hydrogen (secondary N) is 1. The summed E-state index contributed by atoms with van der Waals surface area (Å²) in [6, 6.07) is 3.72. The van der Waals surface area contributed by atoms with Gasteiger partial charge in [-0.05, 0) is 58.7 Å². The molecule has 0 aromatic carbocycles. The Morgan fingerprint density at radius 1 is 1.09 bits per heavy atom. The number of rotatable bonds is 3. The Balaban J connectivity index is 1.51. The van der Waals surface area contributed by atoms with Crippen LogP contribution in [0.2, 0.25) is 0 Å². The molecule has 2 N–H and O–H groups in total. The Kier molecular flexibility index (Phi) is 4.68. The fourth-order valence-electron chi connectivity index (χ4n) is 4.93. The van der Waals surface area contributed by atoms with Crippen molar-refractivity contribution in [2.24, 2.45) is 7.05 Å². The van der Waals surface area contributed by atoms with Crippen molar-refractivity contribution < 1.29 is 5.11 Å². The zero-order chi connectivity index (χ0) is 23.5. The highest BCUT2D eigenvalue weighted by molar-refractivity contribution is 5.72. The van der Waals surface area contributed by atoms with Gasteiger partial charge in [0.2, 0.25) is 5.78 Å². The van der Waals surface area contributed by atoms with Gasteiger partial charge in [0, 0.05) is 54.0 Å². The highest BCUT2D eigenvalue weighted by Gasteiger charge is 2.33. The van der Waals surface area contributed by atoms with Gasteiger partial charge in [0.05, 0.1) is 11.4 Å². The number of pyridine rings is 1. The fraction of sp³-hybridized carbons (Fsp3) is 0.360. The highest BCUT2D eigenvalue weighted by Crippen LogP contribution is 2.34. The molecule has 8 heteroatoms. The molecule has 0 radical (unpaired) electrons. The molecule has 1 aliphatic heterocycles. The summed E-state index contributed by atoms with van der Waals surface area (Å²) in [6.45, 7) is 10.7. The van der Waals surface area contributed by atoms with Crippen LogP contribution in [0.4, 0.5) is 0 Å². The van der Waals surface area contributed by atoms with E-state index in [1.807, 2.05) is 43.0 Å². The molecule has 0 atom stereocenters. The second-order valence-electron chi connectivity index (χ2n) is 10.1. The fourth-order valence-corrected chi connectivity index (χ4v) is 4.93. The van der Waals surface area contributed by atoms with Gasteiger partial charge in [0.15, 0.2) is 0 Å². The first kappa shape index (κ1) is 21.3. The highest BCUT2D eigenvalue weighted by atomic mass is 16.3. The van der Waals surface area contributed by atoms with E-state index < -0.39 is 0 Å². The molecule has 170 valence electrons. The number of aromatic hydroxyl groups is 1. The van der Waals surface area contributed by atoms with E-state index in [4.69, 9.17) is 4.98 Å². The summed E-state index contributed by atoms with van der Waals surface area (Å²) in [6.07, 6.45) is 10.6. The number of hydrogen-bond acceptors (Lipinski definition) is 6. The topological polar surface area (TPSA) is 93.2 Å². The lowest BCUT2D eigenvalue weighted by Gasteiger charge is -2.41. The molecule has 0 fully saturated rings. The Morgan fingerprint density at radius 3 is 2.52 bits per heavy atom. The van der Waals surface area contributed by atoms with Crippen molar-refractivity contribution in [3.8, 4) is 28.3 Å². The molecular formula is C25H29N7O. The minimum Gasteiger partial charge on any atom is -0.506 e. The second kappa shape index (κ2) is 7.25. The summed E-state index contributed by atoms with van der Waals surface area (Å²) in [4.78, 5) is 14.0. The van der Waals surface area contributed by atoms with Crippen molar-refractivity contribution in [2.45, 2.75) is 52.1 Å². The SMILES string of the molecule is Cc1nn(C)cc1-c1cnc(-c2cn3ccc(C4=CC(C)(C)NC(C)(C)C4)nc3n2)c(O)c1. The normalized spacial score (nSPS) is 17.3. The largest absolute Gasteiger partial charge is 0.506 e. The maximum atomic E-state index is 10.7. The van der Waals surface area contributed by atoms with Crippen molar-refractivity contribution in [3.63, 3.8) is 0 Å². The van der Waals surface area contributed by atoms with Gasteiger partial charge in [0.1, 0.15) is 17.1 Å². The van der Waals surface area contributed by atoms with Gasteiger partial charge in [-0.3, -0.25) is 9.08 Å². The molecule has 5 rings (SSSR count).